The van der Waals surface area contributed by atoms with E-state index in [0.29, 0.717) is 6.61 Å². The number of aliphatic hydroxyl groups is 1. The van der Waals surface area contributed by atoms with Crippen molar-refractivity contribution in [2.45, 2.75) is 26.6 Å². The number of aliphatic hydroxyl groups excluding tert-OH is 1. The molecule has 1 fully saturated rings. The summed E-state index contributed by atoms with van der Waals surface area (Å²) in [4.78, 5) is 11.9. The van der Waals surface area contributed by atoms with Gasteiger partial charge < -0.3 is 9.84 Å². The molecule has 6 heteroatoms. The third-order valence-corrected chi connectivity index (χ3v) is 5.80. The third kappa shape index (κ3) is 5.54. The first-order valence-corrected chi connectivity index (χ1v) is 10.6. The molecule has 4 rings (SSSR count). The number of aromatic nitrogens is 1. The number of β-amino-alcohol motifs (C(OH)–C–C–N with tert-alkyl or cyclic N) is 1. The second-order valence-corrected chi connectivity index (χ2v) is 8.11. The monoisotopic (exact) mass is 396 g/mol. The number of piperazine rings is 1. The predicted molar refractivity (Wildman–Crippen MR) is 114 cm³/mol. The predicted octanol–water partition coefficient (Wildman–Crippen LogP) is 1.89. The highest BCUT2D eigenvalue weighted by atomic mass is 16.5. The van der Waals surface area contributed by atoms with E-state index in [-0.39, 0.29) is 6.61 Å². The Morgan fingerprint density at radius 1 is 0.966 bits per heavy atom. The molecule has 6 nitrogen and oxygen atoms in total. The molecule has 0 amide bonds. The summed E-state index contributed by atoms with van der Waals surface area (Å²) < 4.78 is 6.02. The Labute approximate surface area is 173 Å². The maximum absolute atomic E-state index is 9.11. The minimum atomic E-state index is 0.249. The number of rotatable bonds is 6. The fourth-order valence-corrected chi connectivity index (χ4v) is 4.22. The number of fused-ring (bicyclic) bond motifs is 1. The number of ether oxygens (including phenoxy) is 1. The first kappa shape index (κ1) is 20.3. The van der Waals surface area contributed by atoms with Crippen molar-refractivity contribution < 1.29 is 9.84 Å². The molecule has 0 unspecified atom stereocenters. The Bertz CT molecular complexity index is 805. The van der Waals surface area contributed by atoms with Crippen LogP contribution in [0, 0.1) is 6.92 Å². The van der Waals surface area contributed by atoms with Gasteiger partial charge in [-0.2, -0.15) is 0 Å². The van der Waals surface area contributed by atoms with Crippen LogP contribution in [0.25, 0.3) is 0 Å². The van der Waals surface area contributed by atoms with Crippen LogP contribution in [0.2, 0.25) is 0 Å². The summed E-state index contributed by atoms with van der Waals surface area (Å²) in [5, 5.41) is 9.11. The normalized spacial score (nSPS) is 18.8. The third-order valence-electron chi connectivity index (χ3n) is 5.80. The zero-order valence-corrected chi connectivity index (χ0v) is 17.4. The zero-order valence-electron chi connectivity index (χ0n) is 17.4. The molecule has 29 heavy (non-hydrogen) atoms. The first-order chi connectivity index (χ1) is 14.2. The topological polar surface area (TPSA) is 52.1 Å². The van der Waals surface area contributed by atoms with E-state index in [1.165, 1.54) is 11.1 Å². The van der Waals surface area contributed by atoms with Crippen molar-refractivity contribution in [3.63, 3.8) is 0 Å². The van der Waals surface area contributed by atoms with E-state index in [0.717, 1.165) is 76.0 Å². The molecule has 156 valence electrons. The molecular weight excluding hydrogens is 364 g/mol. The summed E-state index contributed by atoms with van der Waals surface area (Å²) in [6.45, 7) is 11.6. The van der Waals surface area contributed by atoms with Crippen molar-refractivity contribution in [2.24, 2.45) is 0 Å². The van der Waals surface area contributed by atoms with E-state index in [1.807, 2.05) is 13.0 Å². The van der Waals surface area contributed by atoms with Crippen LogP contribution in [0.1, 0.15) is 22.5 Å². The molecule has 0 radical (unpaired) electrons. The van der Waals surface area contributed by atoms with Gasteiger partial charge in [-0.15, -0.1) is 0 Å². The van der Waals surface area contributed by atoms with Gasteiger partial charge in [-0.25, -0.2) is 0 Å². The van der Waals surface area contributed by atoms with Gasteiger partial charge in [0.2, 0.25) is 0 Å². The van der Waals surface area contributed by atoms with Crippen LogP contribution in [0.5, 0.6) is 5.75 Å². The standard InChI is InChI=1S/C23H32N4O2/c1-19-3-2-4-22(24-19)18-27-12-14-29-23-6-5-20(15-21(23)17-27)16-26-9-7-25(8-10-26)11-13-28/h2-6,15,28H,7-14,16-18H2,1H3. The molecule has 0 atom stereocenters. The van der Waals surface area contributed by atoms with E-state index in [2.05, 4.69) is 50.0 Å². The van der Waals surface area contributed by atoms with Crippen LogP contribution >= 0.6 is 0 Å². The Morgan fingerprint density at radius 3 is 2.59 bits per heavy atom. The second kappa shape index (κ2) is 9.67. The van der Waals surface area contributed by atoms with E-state index < -0.39 is 0 Å². The van der Waals surface area contributed by atoms with Crippen LogP contribution in [0.15, 0.2) is 36.4 Å². The van der Waals surface area contributed by atoms with Gasteiger partial charge in [0, 0.05) is 70.2 Å². The maximum Gasteiger partial charge on any atom is 0.123 e. The number of nitrogens with zero attached hydrogens (tertiary/aromatic N) is 4. The number of benzene rings is 1. The molecule has 0 bridgehead atoms. The molecule has 1 saturated heterocycles. The molecule has 2 aromatic rings. The van der Waals surface area contributed by atoms with Crippen molar-refractivity contribution in [3.8, 4) is 5.75 Å². The highest BCUT2D eigenvalue weighted by molar-refractivity contribution is 5.38. The highest BCUT2D eigenvalue weighted by Crippen LogP contribution is 2.26. The Balaban J connectivity index is 1.39. The van der Waals surface area contributed by atoms with Crippen LogP contribution < -0.4 is 4.74 Å². The van der Waals surface area contributed by atoms with Crippen molar-refractivity contribution in [2.75, 3.05) is 52.5 Å². The average molecular weight is 397 g/mol. The van der Waals surface area contributed by atoms with Gasteiger partial charge in [-0.1, -0.05) is 12.1 Å². The van der Waals surface area contributed by atoms with E-state index >= 15 is 0 Å². The molecule has 0 saturated carbocycles. The second-order valence-electron chi connectivity index (χ2n) is 8.11. The molecule has 0 aliphatic carbocycles. The van der Waals surface area contributed by atoms with E-state index in [1.54, 1.807) is 0 Å². The lowest BCUT2D eigenvalue weighted by atomic mass is 10.1. The number of aryl methyl sites for hydroxylation is 1. The minimum Gasteiger partial charge on any atom is -0.492 e. The van der Waals surface area contributed by atoms with Crippen LogP contribution in [-0.4, -0.2) is 77.3 Å². The van der Waals surface area contributed by atoms with Gasteiger partial charge in [0.05, 0.1) is 12.3 Å². The summed E-state index contributed by atoms with van der Waals surface area (Å²) in [6.07, 6.45) is 0. The Morgan fingerprint density at radius 2 is 1.79 bits per heavy atom. The highest BCUT2D eigenvalue weighted by Gasteiger charge is 2.19. The molecule has 1 aromatic carbocycles. The lowest BCUT2D eigenvalue weighted by Gasteiger charge is -2.34. The Kier molecular flexibility index (Phi) is 6.77. The molecule has 2 aliphatic heterocycles. The van der Waals surface area contributed by atoms with Crippen molar-refractivity contribution in [1.82, 2.24) is 19.7 Å². The molecular formula is C23H32N4O2. The minimum absolute atomic E-state index is 0.249. The summed E-state index contributed by atoms with van der Waals surface area (Å²) in [5.41, 5.74) is 4.80. The van der Waals surface area contributed by atoms with Crippen molar-refractivity contribution in [3.05, 3.63) is 58.9 Å². The molecule has 1 aromatic heterocycles. The van der Waals surface area contributed by atoms with Gasteiger partial charge in [0.25, 0.3) is 0 Å². The van der Waals surface area contributed by atoms with Crippen LogP contribution in [0.3, 0.4) is 0 Å². The van der Waals surface area contributed by atoms with Gasteiger partial charge in [-0.05, 0) is 36.8 Å². The maximum atomic E-state index is 9.11. The van der Waals surface area contributed by atoms with E-state index in [9.17, 15) is 0 Å². The van der Waals surface area contributed by atoms with Gasteiger partial charge >= 0.3 is 0 Å². The van der Waals surface area contributed by atoms with Crippen molar-refractivity contribution in [1.29, 1.82) is 0 Å². The fraction of sp³-hybridized carbons (Fsp3) is 0.522. The van der Waals surface area contributed by atoms with Crippen molar-refractivity contribution >= 4 is 0 Å². The van der Waals surface area contributed by atoms with Gasteiger partial charge in [0.15, 0.2) is 0 Å². The summed E-state index contributed by atoms with van der Waals surface area (Å²) >= 11 is 0. The lowest BCUT2D eigenvalue weighted by molar-refractivity contribution is 0.108. The van der Waals surface area contributed by atoms with Gasteiger partial charge in [0.1, 0.15) is 12.4 Å². The zero-order chi connectivity index (χ0) is 20.1. The van der Waals surface area contributed by atoms with E-state index in [4.69, 9.17) is 9.84 Å². The van der Waals surface area contributed by atoms with Crippen LogP contribution in [0.4, 0.5) is 0 Å². The SMILES string of the molecule is Cc1cccc(CN2CCOc3ccc(CN4CCN(CCO)CC4)cc3C2)n1. The average Bonchev–Trinajstić information content (AvgIpc) is 2.91. The largest absolute Gasteiger partial charge is 0.492 e. The number of hydrogen-bond acceptors (Lipinski definition) is 6. The number of pyridine rings is 1. The lowest BCUT2D eigenvalue weighted by Crippen LogP contribution is -2.46. The fourth-order valence-electron chi connectivity index (χ4n) is 4.22. The molecule has 2 aliphatic rings. The molecule has 1 N–H and O–H groups in total. The van der Waals surface area contributed by atoms with Crippen LogP contribution in [-0.2, 0) is 19.6 Å². The summed E-state index contributed by atoms with van der Waals surface area (Å²) in [7, 11) is 0. The quantitative estimate of drug-likeness (QED) is 0.805. The Hall–Kier alpha value is -1.99. The molecule has 0 spiro atoms. The summed E-state index contributed by atoms with van der Waals surface area (Å²) in [6, 6.07) is 12.9. The number of hydrogen-bond donors (Lipinski definition) is 1. The molecule has 3 heterocycles. The summed E-state index contributed by atoms with van der Waals surface area (Å²) in [5.74, 6) is 1.02. The smallest absolute Gasteiger partial charge is 0.123 e. The first-order valence-electron chi connectivity index (χ1n) is 10.6. The van der Waals surface area contributed by atoms with Gasteiger partial charge in [-0.3, -0.25) is 19.7 Å².